The fourth-order valence-electron chi connectivity index (χ4n) is 1.87. The van der Waals surface area contributed by atoms with Gasteiger partial charge in [-0.3, -0.25) is 4.79 Å². The van der Waals surface area contributed by atoms with Crippen molar-refractivity contribution in [1.29, 1.82) is 0 Å². The molecule has 2 rings (SSSR count). The molecule has 1 aliphatic heterocycles. The predicted molar refractivity (Wildman–Crippen MR) is 73.0 cm³/mol. The Hall–Kier alpha value is -0.620. The minimum absolute atomic E-state index is 0.0459. The Morgan fingerprint density at radius 2 is 2.22 bits per heavy atom. The van der Waals surface area contributed by atoms with Crippen LogP contribution in [0.15, 0.2) is 12.1 Å². The third kappa shape index (κ3) is 4.57. The summed E-state index contributed by atoms with van der Waals surface area (Å²) in [4.78, 5) is 12.8. The van der Waals surface area contributed by atoms with E-state index in [1.165, 1.54) is 11.3 Å². The van der Waals surface area contributed by atoms with Crippen LogP contribution in [0.25, 0.3) is 0 Å². The maximum Gasteiger partial charge on any atom is 0.234 e. The molecule has 1 aliphatic rings. The maximum atomic E-state index is 11.7. The zero-order valence-corrected chi connectivity index (χ0v) is 11.6. The molecule has 0 spiro atoms. The molecule has 0 unspecified atom stereocenters. The van der Waals surface area contributed by atoms with E-state index < -0.39 is 0 Å². The summed E-state index contributed by atoms with van der Waals surface area (Å²) in [5.41, 5.74) is 0. The lowest BCUT2D eigenvalue weighted by atomic mass is 10.1. The number of carbonyl (C=O) groups excluding carboxylic acids is 1. The summed E-state index contributed by atoms with van der Waals surface area (Å²) in [6.07, 6.45) is 1.82. The highest BCUT2D eigenvalue weighted by Gasteiger charge is 2.15. The van der Waals surface area contributed by atoms with Crippen molar-refractivity contribution in [1.82, 2.24) is 10.6 Å². The Kier molecular flexibility index (Phi) is 5.44. The molecule has 100 valence electrons. The number of nitrogens with one attached hydrogen (secondary N) is 2. The van der Waals surface area contributed by atoms with Crippen LogP contribution in [-0.4, -0.2) is 31.7 Å². The predicted octanol–water partition coefficient (Wildman–Crippen LogP) is 1.79. The quantitative estimate of drug-likeness (QED) is 0.868. The molecule has 0 aliphatic carbocycles. The standard InChI is InChI=1S/C12H17ClN2O2S/c13-11-2-1-10(18-11)7-14-8-12(16)15-9-3-5-17-6-4-9/h1-2,9,14H,3-8H2,(H,15,16). The van der Waals surface area contributed by atoms with Gasteiger partial charge in [0.1, 0.15) is 0 Å². The molecule has 6 heteroatoms. The average molecular weight is 289 g/mol. The first-order valence-corrected chi connectivity index (χ1v) is 7.25. The molecule has 0 atom stereocenters. The lowest BCUT2D eigenvalue weighted by molar-refractivity contribution is -0.121. The van der Waals surface area contributed by atoms with Crippen LogP contribution in [0.3, 0.4) is 0 Å². The van der Waals surface area contributed by atoms with Gasteiger partial charge in [-0.2, -0.15) is 0 Å². The van der Waals surface area contributed by atoms with E-state index in [4.69, 9.17) is 16.3 Å². The molecule has 1 aromatic rings. The summed E-state index contributed by atoms with van der Waals surface area (Å²) in [7, 11) is 0. The monoisotopic (exact) mass is 288 g/mol. The van der Waals surface area contributed by atoms with Crippen LogP contribution >= 0.6 is 22.9 Å². The highest BCUT2D eigenvalue weighted by Crippen LogP contribution is 2.20. The van der Waals surface area contributed by atoms with E-state index in [2.05, 4.69) is 10.6 Å². The second kappa shape index (κ2) is 7.09. The first-order chi connectivity index (χ1) is 8.74. The minimum Gasteiger partial charge on any atom is -0.381 e. The minimum atomic E-state index is 0.0459. The number of amides is 1. The normalized spacial score (nSPS) is 16.7. The van der Waals surface area contributed by atoms with Crippen molar-refractivity contribution < 1.29 is 9.53 Å². The molecular weight excluding hydrogens is 272 g/mol. The van der Waals surface area contributed by atoms with Gasteiger partial charge < -0.3 is 15.4 Å². The molecule has 1 saturated heterocycles. The van der Waals surface area contributed by atoms with Gasteiger partial charge in [0, 0.05) is 30.7 Å². The Bertz CT molecular complexity index is 391. The van der Waals surface area contributed by atoms with Gasteiger partial charge in [-0.1, -0.05) is 11.6 Å². The summed E-state index contributed by atoms with van der Waals surface area (Å²) in [6.45, 7) is 2.50. The van der Waals surface area contributed by atoms with Gasteiger partial charge in [-0.25, -0.2) is 0 Å². The van der Waals surface area contributed by atoms with Crippen molar-refractivity contribution in [2.75, 3.05) is 19.8 Å². The van der Waals surface area contributed by atoms with Crippen molar-refractivity contribution in [3.05, 3.63) is 21.3 Å². The number of ether oxygens (including phenoxy) is 1. The van der Waals surface area contributed by atoms with Crippen LogP contribution in [0.5, 0.6) is 0 Å². The molecule has 2 N–H and O–H groups in total. The highest BCUT2D eigenvalue weighted by molar-refractivity contribution is 7.16. The highest BCUT2D eigenvalue weighted by atomic mass is 35.5. The van der Waals surface area contributed by atoms with Crippen LogP contribution < -0.4 is 10.6 Å². The van der Waals surface area contributed by atoms with E-state index in [1.54, 1.807) is 0 Å². The lowest BCUT2D eigenvalue weighted by Crippen LogP contribution is -2.42. The topological polar surface area (TPSA) is 50.4 Å². The van der Waals surface area contributed by atoms with Crippen molar-refractivity contribution in [2.24, 2.45) is 0 Å². The van der Waals surface area contributed by atoms with Gasteiger partial charge in [0.25, 0.3) is 0 Å². The fourth-order valence-corrected chi connectivity index (χ4v) is 2.92. The fraction of sp³-hybridized carbons (Fsp3) is 0.583. The zero-order valence-electron chi connectivity index (χ0n) is 10.1. The summed E-state index contributed by atoms with van der Waals surface area (Å²) < 4.78 is 6.02. The Labute approximate surface area is 116 Å². The molecule has 0 radical (unpaired) electrons. The second-order valence-electron chi connectivity index (χ2n) is 4.26. The van der Waals surface area contributed by atoms with Crippen LogP contribution in [0.4, 0.5) is 0 Å². The first kappa shape index (κ1) is 13.8. The number of rotatable bonds is 5. The molecule has 0 bridgehead atoms. The average Bonchev–Trinajstić information content (AvgIpc) is 2.76. The van der Waals surface area contributed by atoms with Crippen LogP contribution in [0, 0.1) is 0 Å². The second-order valence-corrected chi connectivity index (χ2v) is 6.06. The Morgan fingerprint density at radius 1 is 1.44 bits per heavy atom. The molecule has 0 saturated carbocycles. The van der Waals surface area contributed by atoms with E-state index in [9.17, 15) is 4.79 Å². The van der Waals surface area contributed by atoms with Gasteiger partial charge in [0.2, 0.25) is 5.91 Å². The molecular formula is C12H17ClN2O2S. The summed E-state index contributed by atoms with van der Waals surface area (Å²) in [6, 6.07) is 4.10. The Morgan fingerprint density at radius 3 is 2.89 bits per heavy atom. The van der Waals surface area contributed by atoms with Crippen molar-refractivity contribution in [3.8, 4) is 0 Å². The summed E-state index contributed by atoms with van der Waals surface area (Å²) in [5, 5.41) is 6.12. The number of carbonyl (C=O) groups is 1. The molecule has 2 heterocycles. The molecule has 1 amide bonds. The molecule has 4 nitrogen and oxygen atoms in total. The molecule has 1 fully saturated rings. The first-order valence-electron chi connectivity index (χ1n) is 6.06. The largest absolute Gasteiger partial charge is 0.381 e. The van der Waals surface area contributed by atoms with Gasteiger partial charge >= 0.3 is 0 Å². The van der Waals surface area contributed by atoms with Crippen molar-refractivity contribution >= 4 is 28.8 Å². The third-order valence-corrected chi connectivity index (χ3v) is 4.03. The van der Waals surface area contributed by atoms with Gasteiger partial charge in [0.05, 0.1) is 10.9 Å². The summed E-state index contributed by atoms with van der Waals surface area (Å²) >= 11 is 7.36. The smallest absolute Gasteiger partial charge is 0.234 e. The molecule has 1 aromatic heterocycles. The lowest BCUT2D eigenvalue weighted by Gasteiger charge is -2.23. The van der Waals surface area contributed by atoms with Crippen molar-refractivity contribution in [3.63, 3.8) is 0 Å². The van der Waals surface area contributed by atoms with E-state index in [1.807, 2.05) is 12.1 Å². The number of hydrogen-bond acceptors (Lipinski definition) is 4. The number of halogens is 1. The number of hydrogen-bond donors (Lipinski definition) is 2. The summed E-state index contributed by atoms with van der Waals surface area (Å²) in [5.74, 6) is 0.0459. The SMILES string of the molecule is O=C(CNCc1ccc(Cl)s1)NC1CCOCC1. The van der Waals surface area contributed by atoms with Crippen LogP contribution in [-0.2, 0) is 16.1 Å². The maximum absolute atomic E-state index is 11.7. The van der Waals surface area contributed by atoms with Crippen LogP contribution in [0.1, 0.15) is 17.7 Å². The van der Waals surface area contributed by atoms with E-state index in [0.717, 1.165) is 35.3 Å². The van der Waals surface area contributed by atoms with Crippen molar-refractivity contribution in [2.45, 2.75) is 25.4 Å². The van der Waals surface area contributed by atoms with Gasteiger partial charge in [-0.05, 0) is 25.0 Å². The van der Waals surface area contributed by atoms with E-state index >= 15 is 0 Å². The third-order valence-electron chi connectivity index (χ3n) is 2.80. The van der Waals surface area contributed by atoms with Gasteiger partial charge in [0.15, 0.2) is 0 Å². The van der Waals surface area contributed by atoms with Crippen LogP contribution in [0.2, 0.25) is 4.34 Å². The molecule has 0 aromatic carbocycles. The number of thiophene rings is 1. The zero-order chi connectivity index (χ0) is 12.8. The van der Waals surface area contributed by atoms with Gasteiger partial charge in [-0.15, -0.1) is 11.3 Å². The molecule has 18 heavy (non-hydrogen) atoms. The van der Waals surface area contributed by atoms with E-state index in [-0.39, 0.29) is 11.9 Å². The van der Waals surface area contributed by atoms with E-state index in [0.29, 0.717) is 13.1 Å². The Balaban J connectivity index is 1.62.